The summed E-state index contributed by atoms with van der Waals surface area (Å²) in [7, 11) is 0. The van der Waals surface area contributed by atoms with Crippen LogP contribution in [0.3, 0.4) is 0 Å². The number of hydrogen-bond acceptors (Lipinski definition) is 3. The Balaban J connectivity index is 0.00000112. The summed E-state index contributed by atoms with van der Waals surface area (Å²) < 4.78 is 1.04. The van der Waals surface area contributed by atoms with Crippen LogP contribution in [0.1, 0.15) is 11.6 Å². The van der Waals surface area contributed by atoms with E-state index in [9.17, 15) is 5.11 Å². The smallest absolute Gasteiger partial charge is 0.115 e. The summed E-state index contributed by atoms with van der Waals surface area (Å²) in [5.74, 6) is 0.315. The summed E-state index contributed by atoms with van der Waals surface area (Å²) in [6.07, 6.45) is 0. The molecule has 0 bridgehead atoms. The van der Waals surface area contributed by atoms with Crippen LogP contribution < -0.4 is 10.6 Å². The van der Waals surface area contributed by atoms with Gasteiger partial charge >= 0.3 is 0 Å². The van der Waals surface area contributed by atoms with Crippen LogP contribution >= 0.6 is 28.3 Å². The second-order valence-electron chi connectivity index (χ2n) is 3.42. The predicted molar refractivity (Wildman–Crippen MR) is 66.7 cm³/mol. The average Bonchev–Trinajstić information content (AvgIpc) is 2.23. The molecule has 1 aromatic carbocycles. The Labute approximate surface area is 104 Å². The van der Waals surface area contributed by atoms with E-state index in [-0.39, 0.29) is 18.4 Å². The molecule has 0 saturated carbocycles. The first kappa shape index (κ1) is 12.8. The average molecular weight is 294 g/mol. The molecule has 3 N–H and O–H groups in total. The van der Waals surface area contributed by atoms with Gasteiger partial charge in [0, 0.05) is 30.1 Å². The number of hydrogen-bond donors (Lipinski definition) is 3. The molecular weight excluding hydrogens is 279 g/mol. The predicted octanol–water partition coefficient (Wildman–Crippen LogP) is 1.81. The highest BCUT2D eigenvalue weighted by molar-refractivity contribution is 9.10. The van der Waals surface area contributed by atoms with Gasteiger partial charge in [-0.2, -0.15) is 0 Å². The van der Waals surface area contributed by atoms with Crippen molar-refractivity contribution in [3.8, 4) is 5.75 Å². The molecule has 0 radical (unpaired) electrons. The minimum Gasteiger partial charge on any atom is -0.508 e. The van der Waals surface area contributed by atoms with Crippen molar-refractivity contribution in [2.45, 2.75) is 6.04 Å². The Kier molecular flexibility index (Phi) is 4.86. The monoisotopic (exact) mass is 292 g/mol. The van der Waals surface area contributed by atoms with Crippen LogP contribution in [0.25, 0.3) is 0 Å². The van der Waals surface area contributed by atoms with Crippen molar-refractivity contribution in [2.24, 2.45) is 0 Å². The molecule has 5 heteroatoms. The molecule has 1 heterocycles. The van der Waals surface area contributed by atoms with Gasteiger partial charge in [-0.15, -0.1) is 12.4 Å². The molecule has 1 aliphatic heterocycles. The molecule has 1 fully saturated rings. The van der Waals surface area contributed by atoms with Gasteiger partial charge in [0.25, 0.3) is 0 Å². The van der Waals surface area contributed by atoms with Gasteiger partial charge in [0.1, 0.15) is 5.75 Å². The van der Waals surface area contributed by atoms with Crippen molar-refractivity contribution in [3.63, 3.8) is 0 Å². The van der Waals surface area contributed by atoms with Crippen LogP contribution in [-0.2, 0) is 0 Å². The molecule has 1 aromatic rings. The van der Waals surface area contributed by atoms with Gasteiger partial charge < -0.3 is 15.7 Å². The van der Waals surface area contributed by atoms with E-state index in [2.05, 4.69) is 26.6 Å². The van der Waals surface area contributed by atoms with E-state index in [0.717, 1.165) is 29.7 Å². The number of rotatable bonds is 1. The van der Waals surface area contributed by atoms with Gasteiger partial charge in [0.15, 0.2) is 0 Å². The van der Waals surface area contributed by atoms with Crippen LogP contribution in [0.5, 0.6) is 5.75 Å². The van der Waals surface area contributed by atoms with Crippen molar-refractivity contribution >= 4 is 28.3 Å². The fourth-order valence-corrected chi connectivity index (χ4v) is 2.19. The van der Waals surface area contributed by atoms with Gasteiger partial charge in [0.2, 0.25) is 0 Å². The van der Waals surface area contributed by atoms with Gasteiger partial charge in [-0.3, -0.25) is 0 Å². The van der Waals surface area contributed by atoms with Gasteiger partial charge in [-0.25, -0.2) is 0 Å². The molecule has 0 aliphatic carbocycles. The summed E-state index contributed by atoms with van der Waals surface area (Å²) >= 11 is 3.49. The Morgan fingerprint density at radius 1 is 1.33 bits per heavy atom. The molecule has 15 heavy (non-hydrogen) atoms. The van der Waals surface area contributed by atoms with Crippen LogP contribution in [-0.4, -0.2) is 24.7 Å². The van der Waals surface area contributed by atoms with Crippen molar-refractivity contribution in [2.75, 3.05) is 19.6 Å². The lowest BCUT2D eigenvalue weighted by atomic mass is 10.1. The zero-order valence-corrected chi connectivity index (χ0v) is 10.6. The van der Waals surface area contributed by atoms with Crippen LogP contribution in [0.2, 0.25) is 0 Å². The fraction of sp³-hybridized carbons (Fsp3) is 0.400. The molecule has 2 rings (SSSR count). The molecule has 1 saturated heterocycles. The summed E-state index contributed by atoms with van der Waals surface area (Å²) in [6, 6.07) is 5.64. The Bertz CT molecular complexity index is 329. The highest BCUT2D eigenvalue weighted by atomic mass is 79.9. The third-order valence-corrected chi connectivity index (χ3v) is 3.12. The maximum absolute atomic E-state index is 9.40. The third-order valence-electron chi connectivity index (χ3n) is 2.40. The Morgan fingerprint density at radius 2 is 2.13 bits per heavy atom. The molecular formula is C10H14BrClN2O. The first-order valence-electron chi connectivity index (χ1n) is 4.70. The quantitative estimate of drug-likeness (QED) is 0.740. The lowest BCUT2D eigenvalue weighted by Crippen LogP contribution is -2.42. The van der Waals surface area contributed by atoms with E-state index in [1.807, 2.05) is 6.07 Å². The number of phenols is 1. The van der Waals surface area contributed by atoms with E-state index < -0.39 is 0 Å². The minimum atomic E-state index is 0. The number of halogens is 2. The molecule has 1 aliphatic rings. The zero-order chi connectivity index (χ0) is 9.97. The van der Waals surface area contributed by atoms with Crippen LogP contribution in [0, 0.1) is 0 Å². The van der Waals surface area contributed by atoms with E-state index in [4.69, 9.17) is 0 Å². The largest absolute Gasteiger partial charge is 0.508 e. The first-order chi connectivity index (χ1) is 6.77. The summed E-state index contributed by atoms with van der Waals surface area (Å²) in [4.78, 5) is 0. The van der Waals surface area contributed by atoms with E-state index in [1.54, 1.807) is 12.1 Å². The van der Waals surface area contributed by atoms with Crippen LogP contribution in [0.15, 0.2) is 22.7 Å². The maximum Gasteiger partial charge on any atom is 0.115 e. The number of benzene rings is 1. The van der Waals surface area contributed by atoms with Gasteiger partial charge in [-0.1, -0.05) is 15.9 Å². The summed E-state index contributed by atoms with van der Waals surface area (Å²) in [5.41, 5.74) is 1.11. The normalized spacial score (nSPS) is 20.7. The number of aromatic hydroxyl groups is 1. The molecule has 0 aromatic heterocycles. The van der Waals surface area contributed by atoms with Gasteiger partial charge in [-0.05, 0) is 23.8 Å². The Hall–Kier alpha value is -0.290. The topological polar surface area (TPSA) is 44.3 Å². The van der Waals surface area contributed by atoms with Crippen molar-refractivity contribution in [1.82, 2.24) is 10.6 Å². The maximum atomic E-state index is 9.40. The molecule has 0 amide bonds. The third kappa shape index (κ3) is 3.08. The van der Waals surface area contributed by atoms with E-state index in [1.165, 1.54) is 0 Å². The minimum absolute atomic E-state index is 0. The lowest BCUT2D eigenvalue weighted by Gasteiger charge is -2.25. The first-order valence-corrected chi connectivity index (χ1v) is 5.49. The van der Waals surface area contributed by atoms with E-state index >= 15 is 0 Å². The summed E-state index contributed by atoms with van der Waals surface area (Å²) in [6.45, 7) is 2.88. The number of piperazine rings is 1. The fourth-order valence-electron chi connectivity index (χ4n) is 1.67. The summed E-state index contributed by atoms with van der Waals surface area (Å²) in [5, 5.41) is 16.1. The van der Waals surface area contributed by atoms with E-state index in [0.29, 0.717) is 5.75 Å². The second-order valence-corrected chi connectivity index (χ2v) is 4.27. The molecule has 3 nitrogen and oxygen atoms in total. The molecule has 1 atom stereocenters. The van der Waals surface area contributed by atoms with Crippen molar-refractivity contribution < 1.29 is 5.11 Å². The van der Waals surface area contributed by atoms with Crippen molar-refractivity contribution in [1.29, 1.82) is 0 Å². The zero-order valence-electron chi connectivity index (χ0n) is 8.16. The molecule has 0 spiro atoms. The molecule has 0 unspecified atom stereocenters. The lowest BCUT2D eigenvalue weighted by molar-refractivity contribution is 0.425. The van der Waals surface area contributed by atoms with Gasteiger partial charge in [0.05, 0.1) is 0 Å². The SMILES string of the molecule is Cl.Oc1ccc(Br)c([C@H]2CNCCN2)c1. The molecule has 84 valence electrons. The Morgan fingerprint density at radius 3 is 2.80 bits per heavy atom. The van der Waals surface area contributed by atoms with Crippen molar-refractivity contribution in [3.05, 3.63) is 28.2 Å². The van der Waals surface area contributed by atoms with Crippen LogP contribution in [0.4, 0.5) is 0 Å². The second kappa shape index (κ2) is 5.70. The standard InChI is InChI=1S/C10H13BrN2O.ClH/c11-9-2-1-7(14)5-8(9)10-6-12-3-4-13-10;/h1-2,5,10,12-14H,3-4,6H2;1H/t10-;/m1./s1. The highest BCUT2D eigenvalue weighted by Gasteiger charge is 2.16. The number of phenolic OH excluding ortho intramolecular Hbond substituents is 1. The number of nitrogens with one attached hydrogen (secondary N) is 2. The highest BCUT2D eigenvalue weighted by Crippen LogP contribution is 2.27.